The molecule has 1 N–H and O–H groups in total. The SMILES string of the molecule is CCc1cccc(C)c1NC(=O)CSc1nnc(-c2ccc(OC)c(OC)c2)n1C. The van der Waals surface area contributed by atoms with Crippen molar-refractivity contribution in [3.05, 3.63) is 47.5 Å². The fourth-order valence-corrected chi connectivity index (χ4v) is 3.89. The van der Waals surface area contributed by atoms with Gasteiger partial charge in [-0.25, -0.2) is 0 Å². The second kappa shape index (κ2) is 9.67. The molecule has 0 aliphatic rings. The molecule has 0 saturated carbocycles. The lowest BCUT2D eigenvalue weighted by Crippen LogP contribution is -2.16. The summed E-state index contributed by atoms with van der Waals surface area (Å²) in [5.74, 6) is 2.13. The van der Waals surface area contributed by atoms with Crippen molar-refractivity contribution in [3.63, 3.8) is 0 Å². The summed E-state index contributed by atoms with van der Waals surface area (Å²) < 4.78 is 12.5. The van der Waals surface area contributed by atoms with Gasteiger partial charge in [-0.1, -0.05) is 36.9 Å². The van der Waals surface area contributed by atoms with Gasteiger partial charge in [0.25, 0.3) is 0 Å². The van der Waals surface area contributed by atoms with Gasteiger partial charge < -0.3 is 19.4 Å². The standard InChI is InChI=1S/C22H26N4O3S/c1-6-15-9-7-8-14(2)20(15)23-19(27)13-30-22-25-24-21(26(22)3)16-10-11-17(28-4)18(12-16)29-5/h7-12H,6,13H2,1-5H3,(H,23,27). The summed E-state index contributed by atoms with van der Waals surface area (Å²) in [6.45, 7) is 4.08. The number of aryl methyl sites for hydroxylation is 2. The molecule has 0 fully saturated rings. The lowest BCUT2D eigenvalue weighted by atomic mass is 10.1. The number of carbonyl (C=O) groups excluding carboxylic acids is 1. The van der Waals surface area contributed by atoms with E-state index in [0.717, 1.165) is 28.8 Å². The minimum Gasteiger partial charge on any atom is -0.493 e. The first-order chi connectivity index (χ1) is 14.5. The summed E-state index contributed by atoms with van der Waals surface area (Å²) in [6, 6.07) is 11.6. The number of rotatable bonds is 8. The molecule has 0 aliphatic carbocycles. The average Bonchev–Trinajstić information content (AvgIpc) is 3.13. The van der Waals surface area contributed by atoms with Crippen LogP contribution in [-0.4, -0.2) is 40.6 Å². The quantitative estimate of drug-likeness (QED) is 0.547. The third kappa shape index (κ3) is 4.59. The smallest absolute Gasteiger partial charge is 0.234 e. The van der Waals surface area contributed by atoms with E-state index >= 15 is 0 Å². The molecule has 158 valence electrons. The van der Waals surface area contributed by atoms with Crippen LogP contribution < -0.4 is 14.8 Å². The fraction of sp³-hybridized carbons (Fsp3) is 0.318. The number of amides is 1. The molecule has 0 saturated heterocycles. The maximum Gasteiger partial charge on any atom is 0.234 e. The minimum atomic E-state index is -0.0698. The fourth-order valence-electron chi connectivity index (χ4n) is 3.17. The molecule has 0 radical (unpaired) electrons. The number of thioether (sulfide) groups is 1. The van der Waals surface area contributed by atoms with Gasteiger partial charge in [0.1, 0.15) is 0 Å². The van der Waals surface area contributed by atoms with Crippen LogP contribution in [0, 0.1) is 6.92 Å². The van der Waals surface area contributed by atoms with Crippen LogP contribution in [0.2, 0.25) is 0 Å². The number of nitrogens with zero attached hydrogens (tertiary/aromatic N) is 3. The Morgan fingerprint density at radius 3 is 2.60 bits per heavy atom. The lowest BCUT2D eigenvalue weighted by Gasteiger charge is -2.12. The van der Waals surface area contributed by atoms with Crippen molar-refractivity contribution >= 4 is 23.4 Å². The molecule has 3 aromatic rings. The first-order valence-electron chi connectivity index (χ1n) is 9.61. The Bertz CT molecular complexity index is 1050. The highest BCUT2D eigenvalue weighted by molar-refractivity contribution is 7.99. The molecule has 1 aromatic heterocycles. The molecular weight excluding hydrogens is 400 g/mol. The van der Waals surface area contributed by atoms with Crippen molar-refractivity contribution in [2.45, 2.75) is 25.4 Å². The van der Waals surface area contributed by atoms with E-state index in [4.69, 9.17) is 9.47 Å². The van der Waals surface area contributed by atoms with Gasteiger partial charge in [0.05, 0.1) is 20.0 Å². The topological polar surface area (TPSA) is 78.3 Å². The highest BCUT2D eigenvalue weighted by Gasteiger charge is 2.16. The van der Waals surface area contributed by atoms with Gasteiger partial charge in [0, 0.05) is 18.3 Å². The van der Waals surface area contributed by atoms with Gasteiger partial charge in [-0.2, -0.15) is 0 Å². The van der Waals surface area contributed by atoms with E-state index in [1.54, 1.807) is 14.2 Å². The van der Waals surface area contributed by atoms with Crippen molar-refractivity contribution in [2.75, 3.05) is 25.3 Å². The van der Waals surface area contributed by atoms with Crippen LogP contribution in [0.15, 0.2) is 41.6 Å². The van der Waals surface area contributed by atoms with E-state index < -0.39 is 0 Å². The van der Waals surface area contributed by atoms with Crippen LogP contribution >= 0.6 is 11.8 Å². The van der Waals surface area contributed by atoms with Crippen LogP contribution in [-0.2, 0) is 18.3 Å². The maximum absolute atomic E-state index is 12.5. The summed E-state index contributed by atoms with van der Waals surface area (Å²) in [5.41, 5.74) is 3.94. The van der Waals surface area contributed by atoms with Crippen molar-refractivity contribution in [1.29, 1.82) is 0 Å². The number of hydrogen-bond donors (Lipinski definition) is 1. The lowest BCUT2D eigenvalue weighted by molar-refractivity contribution is -0.113. The first-order valence-corrected chi connectivity index (χ1v) is 10.6. The number of nitrogens with one attached hydrogen (secondary N) is 1. The highest BCUT2D eigenvalue weighted by atomic mass is 32.2. The van der Waals surface area contributed by atoms with Gasteiger partial charge in [0.15, 0.2) is 22.5 Å². The number of hydrogen-bond acceptors (Lipinski definition) is 6. The molecule has 0 spiro atoms. The zero-order valence-corrected chi connectivity index (χ0v) is 18.7. The van der Waals surface area contributed by atoms with Crippen molar-refractivity contribution in [2.24, 2.45) is 7.05 Å². The van der Waals surface area contributed by atoms with Gasteiger partial charge in [-0.05, 0) is 42.7 Å². The predicted octanol–water partition coefficient (Wildman–Crippen LogP) is 4.10. The third-order valence-electron chi connectivity index (χ3n) is 4.81. The summed E-state index contributed by atoms with van der Waals surface area (Å²) in [6.07, 6.45) is 0.863. The predicted molar refractivity (Wildman–Crippen MR) is 119 cm³/mol. The molecule has 2 aromatic carbocycles. The molecule has 0 bridgehead atoms. The second-order valence-corrected chi connectivity index (χ2v) is 7.68. The molecular formula is C22H26N4O3S. The molecule has 30 heavy (non-hydrogen) atoms. The van der Waals surface area contributed by atoms with Crippen molar-refractivity contribution in [1.82, 2.24) is 14.8 Å². The van der Waals surface area contributed by atoms with Crippen LogP contribution in [0.3, 0.4) is 0 Å². The van der Waals surface area contributed by atoms with Gasteiger partial charge in [-0.15, -0.1) is 10.2 Å². The summed E-state index contributed by atoms with van der Waals surface area (Å²) in [5, 5.41) is 12.2. The van der Waals surface area contributed by atoms with E-state index in [9.17, 15) is 4.79 Å². The molecule has 0 unspecified atom stereocenters. The molecule has 8 heteroatoms. The molecule has 1 amide bonds. The Kier molecular flexibility index (Phi) is 6.99. The van der Waals surface area contributed by atoms with E-state index in [1.807, 2.05) is 54.9 Å². The number of aromatic nitrogens is 3. The summed E-state index contributed by atoms with van der Waals surface area (Å²) >= 11 is 1.35. The first kappa shape index (κ1) is 21.7. The second-order valence-electron chi connectivity index (χ2n) is 6.73. The number of carbonyl (C=O) groups is 1. The van der Waals surface area contributed by atoms with Crippen molar-refractivity contribution < 1.29 is 14.3 Å². The number of benzene rings is 2. The van der Waals surface area contributed by atoms with Gasteiger partial charge in [-0.3, -0.25) is 4.79 Å². The van der Waals surface area contributed by atoms with E-state index in [1.165, 1.54) is 11.8 Å². The molecule has 0 atom stereocenters. The minimum absolute atomic E-state index is 0.0698. The Hall–Kier alpha value is -3.00. The van der Waals surface area contributed by atoms with Crippen LogP contribution in [0.5, 0.6) is 11.5 Å². The van der Waals surface area contributed by atoms with Gasteiger partial charge in [0.2, 0.25) is 5.91 Å². The maximum atomic E-state index is 12.5. The van der Waals surface area contributed by atoms with E-state index in [-0.39, 0.29) is 11.7 Å². The number of para-hydroxylation sites is 1. The highest BCUT2D eigenvalue weighted by Crippen LogP contribution is 2.32. The number of methoxy groups -OCH3 is 2. The Morgan fingerprint density at radius 1 is 1.13 bits per heavy atom. The Balaban J connectivity index is 1.71. The van der Waals surface area contributed by atoms with Crippen LogP contribution in [0.25, 0.3) is 11.4 Å². The van der Waals surface area contributed by atoms with Gasteiger partial charge >= 0.3 is 0 Å². The van der Waals surface area contributed by atoms with Crippen molar-refractivity contribution in [3.8, 4) is 22.9 Å². The Labute approximate surface area is 180 Å². The monoisotopic (exact) mass is 426 g/mol. The zero-order valence-electron chi connectivity index (χ0n) is 17.9. The van der Waals surface area contributed by atoms with E-state index in [2.05, 4.69) is 22.4 Å². The Morgan fingerprint density at radius 2 is 1.90 bits per heavy atom. The number of anilines is 1. The third-order valence-corrected chi connectivity index (χ3v) is 5.83. The average molecular weight is 427 g/mol. The van der Waals surface area contributed by atoms with E-state index in [0.29, 0.717) is 22.5 Å². The molecule has 7 nitrogen and oxygen atoms in total. The zero-order chi connectivity index (χ0) is 21.7. The van der Waals surface area contributed by atoms with Crippen LogP contribution in [0.1, 0.15) is 18.1 Å². The largest absolute Gasteiger partial charge is 0.493 e. The molecule has 1 heterocycles. The summed E-state index contributed by atoms with van der Waals surface area (Å²) in [7, 11) is 5.07. The van der Waals surface area contributed by atoms with Crippen LogP contribution in [0.4, 0.5) is 5.69 Å². The normalized spacial score (nSPS) is 10.7. The number of ether oxygens (including phenoxy) is 2. The molecule has 0 aliphatic heterocycles. The molecule has 3 rings (SSSR count). The summed E-state index contributed by atoms with van der Waals surface area (Å²) in [4.78, 5) is 12.5.